The third-order valence-electron chi connectivity index (χ3n) is 2.78. The number of fused-ring (bicyclic) bond motifs is 1. The van der Waals surface area contributed by atoms with Gasteiger partial charge in [0.05, 0.1) is 12.3 Å². The Morgan fingerprint density at radius 1 is 1.06 bits per heavy atom. The first kappa shape index (κ1) is 10.2. The zero-order chi connectivity index (χ0) is 11.7. The van der Waals surface area contributed by atoms with Crippen LogP contribution in [0.4, 0.5) is 0 Å². The Morgan fingerprint density at radius 2 is 1.88 bits per heavy atom. The summed E-state index contributed by atoms with van der Waals surface area (Å²) < 4.78 is 16.3. The zero-order valence-corrected chi connectivity index (χ0v) is 9.26. The fraction of sp³-hybridized carbons (Fsp3) is 0.231. The molecule has 1 aromatic carbocycles. The maximum atomic E-state index is 6.10. The van der Waals surface area contributed by atoms with Crippen LogP contribution in [0.5, 0.6) is 11.5 Å². The highest BCUT2D eigenvalue weighted by Gasteiger charge is 2.16. The number of rotatable bonds is 2. The Morgan fingerprint density at radius 3 is 2.65 bits per heavy atom. The van der Waals surface area contributed by atoms with Crippen LogP contribution in [-0.2, 0) is 0 Å². The van der Waals surface area contributed by atoms with Crippen molar-refractivity contribution in [1.29, 1.82) is 0 Å². The Bertz CT molecular complexity index is 507. The lowest BCUT2D eigenvalue weighted by atomic mass is 10.0. The predicted molar refractivity (Wildman–Crippen MR) is 62.2 cm³/mol. The number of nitrogens with two attached hydrogens (primary N) is 1. The smallest absolute Gasteiger partial charge is 0.161 e. The molecule has 2 heterocycles. The van der Waals surface area contributed by atoms with Gasteiger partial charge in [-0.1, -0.05) is 6.07 Å². The monoisotopic (exact) mass is 231 g/mol. The standard InChI is InChI=1S/C13H13NO3/c14-13(11-2-1-5-15-11)9-3-4-10-12(8-9)17-7-6-16-10/h1-5,8,13H,6-7,14H2/t13-/m1/s1. The predicted octanol–water partition coefficient (Wildman–Crippen LogP) is 2.10. The maximum absolute atomic E-state index is 6.10. The number of hydrogen-bond acceptors (Lipinski definition) is 4. The van der Waals surface area contributed by atoms with Gasteiger partial charge in [-0.2, -0.15) is 0 Å². The lowest BCUT2D eigenvalue weighted by Crippen LogP contribution is -2.17. The van der Waals surface area contributed by atoms with Crippen LogP contribution < -0.4 is 15.2 Å². The van der Waals surface area contributed by atoms with Crippen LogP contribution in [0.3, 0.4) is 0 Å². The molecule has 0 spiro atoms. The molecule has 0 radical (unpaired) electrons. The van der Waals surface area contributed by atoms with E-state index in [-0.39, 0.29) is 6.04 Å². The van der Waals surface area contributed by atoms with Crippen LogP contribution in [0.25, 0.3) is 0 Å². The SMILES string of the molecule is N[C@H](c1ccc2c(c1)OCCO2)c1ccco1. The van der Waals surface area contributed by atoms with Gasteiger partial charge in [0, 0.05) is 0 Å². The van der Waals surface area contributed by atoms with E-state index < -0.39 is 0 Å². The van der Waals surface area contributed by atoms with Gasteiger partial charge < -0.3 is 19.6 Å². The van der Waals surface area contributed by atoms with E-state index in [4.69, 9.17) is 19.6 Å². The molecule has 0 bridgehead atoms. The van der Waals surface area contributed by atoms with Crippen LogP contribution in [-0.4, -0.2) is 13.2 Å². The number of hydrogen-bond donors (Lipinski definition) is 1. The molecule has 0 saturated carbocycles. The quantitative estimate of drug-likeness (QED) is 0.859. The first-order valence-electron chi connectivity index (χ1n) is 5.53. The third-order valence-corrected chi connectivity index (χ3v) is 2.78. The lowest BCUT2D eigenvalue weighted by Gasteiger charge is -2.20. The minimum atomic E-state index is -0.277. The molecule has 88 valence electrons. The first-order chi connectivity index (χ1) is 8.34. The summed E-state index contributed by atoms with van der Waals surface area (Å²) in [6.45, 7) is 1.17. The molecular weight excluding hydrogens is 218 g/mol. The highest BCUT2D eigenvalue weighted by atomic mass is 16.6. The molecule has 3 rings (SSSR count). The minimum absolute atomic E-state index is 0.277. The van der Waals surface area contributed by atoms with Crippen molar-refractivity contribution in [3.8, 4) is 11.5 Å². The summed E-state index contributed by atoms with van der Waals surface area (Å²) in [6, 6.07) is 9.13. The molecule has 2 N–H and O–H groups in total. The topological polar surface area (TPSA) is 57.6 Å². The van der Waals surface area contributed by atoms with Crippen molar-refractivity contribution in [2.24, 2.45) is 5.73 Å². The summed E-state index contributed by atoms with van der Waals surface area (Å²) in [4.78, 5) is 0. The zero-order valence-electron chi connectivity index (χ0n) is 9.26. The molecule has 4 nitrogen and oxygen atoms in total. The first-order valence-corrected chi connectivity index (χ1v) is 5.53. The van der Waals surface area contributed by atoms with Crippen molar-refractivity contribution in [3.05, 3.63) is 47.9 Å². The Hall–Kier alpha value is -1.94. The molecule has 0 saturated heterocycles. The molecule has 0 unspecified atom stereocenters. The average Bonchev–Trinajstić information content (AvgIpc) is 2.91. The van der Waals surface area contributed by atoms with Gasteiger partial charge in [0.25, 0.3) is 0 Å². The molecule has 0 aliphatic carbocycles. The van der Waals surface area contributed by atoms with Crippen molar-refractivity contribution < 1.29 is 13.9 Å². The van der Waals surface area contributed by atoms with Crippen molar-refractivity contribution in [2.45, 2.75) is 6.04 Å². The molecule has 0 fully saturated rings. The third kappa shape index (κ3) is 1.87. The van der Waals surface area contributed by atoms with Crippen LogP contribution in [0.1, 0.15) is 17.4 Å². The van der Waals surface area contributed by atoms with Gasteiger partial charge in [-0.3, -0.25) is 0 Å². The maximum Gasteiger partial charge on any atom is 0.161 e. The second kappa shape index (κ2) is 4.14. The van der Waals surface area contributed by atoms with Gasteiger partial charge in [0.15, 0.2) is 11.5 Å². The van der Waals surface area contributed by atoms with Crippen molar-refractivity contribution in [1.82, 2.24) is 0 Å². The van der Waals surface area contributed by atoms with E-state index in [1.807, 2.05) is 30.3 Å². The van der Waals surface area contributed by atoms with Crippen molar-refractivity contribution in [2.75, 3.05) is 13.2 Å². The van der Waals surface area contributed by atoms with Gasteiger partial charge in [-0.05, 0) is 29.8 Å². The van der Waals surface area contributed by atoms with E-state index in [9.17, 15) is 0 Å². The normalized spacial score (nSPS) is 15.6. The van der Waals surface area contributed by atoms with E-state index >= 15 is 0 Å². The molecular formula is C13H13NO3. The van der Waals surface area contributed by atoms with Crippen LogP contribution >= 0.6 is 0 Å². The summed E-state index contributed by atoms with van der Waals surface area (Å²) in [7, 11) is 0. The van der Waals surface area contributed by atoms with E-state index in [1.165, 1.54) is 0 Å². The average molecular weight is 231 g/mol. The van der Waals surface area contributed by atoms with Gasteiger partial charge in [0.2, 0.25) is 0 Å². The highest BCUT2D eigenvalue weighted by molar-refractivity contribution is 5.45. The summed E-state index contributed by atoms with van der Waals surface area (Å²) in [5, 5.41) is 0. The van der Waals surface area contributed by atoms with Gasteiger partial charge in [-0.25, -0.2) is 0 Å². The number of benzene rings is 1. The summed E-state index contributed by atoms with van der Waals surface area (Å²) in [5.41, 5.74) is 7.05. The van der Waals surface area contributed by atoms with E-state index in [0.717, 1.165) is 22.8 Å². The van der Waals surface area contributed by atoms with E-state index in [1.54, 1.807) is 6.26 Å². The second-order valence-corrected chi connectivity index (χ2v) is 3.90. The molecule has 2 aromatic rings. The van der Waals surface area contributed by atoms with Crippen LogP contribution in [0, 0.1) is 0 Å². The lowest BCUT2D eigenvalue weighted by molar-refractivity contribution is 0.171. The van der Waals surface area contributed by atoms with Crippen molar-refractivity contribution in [3.63, 3.8) is 0 Å². The van der Waals surface area contributed by atoms with Crippen LogP contribution in [0.15, 0.2) is 41.0 Å². The highest BCUT2D eigenvalue weighted by Crippen LogP contribution is 2.33. The Balaban J connectivity index is 1.93. The summed E-state index contributed by atoms with van der Waals surface area (Å²) >= 11 is 0. The fourth-order valence-corrected chi connectivity index (χ4v) is 1.89. The molecule has 1 aromatic heterocycles. The molecule has 0 amide bonds. The second-order valence-electron chi connectivity index (χ2n) is 3.90. The summed E-state index contributed by atoms with van der Waals surface area (Å²) in [5.74, 6) is 2.25. The summed E-state index contributed by atoms with van der Waals surface area (Å²) in [6.07, 6.45) is 1.62. The Kier molecular flexibility index (Phi) is 2.49. The van der Waals surface area contributed by atoms with Crippen molar-refractivity contribution >= 4 is 0 Å². The molecule has 1 aliphatic heterocycles. The largest absolute Gasteiger partial charge is 0.486 e. The fourth-order valence-electron chi connectivity index (χ4n) is 1.89. The molecule has 4 heteroatoms. The van der Waals surface area contributed by atoms with E-state index in [0.29, 0.717) is 13.2 Å². The molecule has 1 atom stereocenters. The molecule has 1 aliphatic rings. The number of ether oxygens (including phenoxy) is 2. The van der Waals surface area contributed by atoms with Gasteiger partial charge in [-0.15, -0.1) is 0 Å². The van der Waals surface area contributed by atoms with Gasteiger partial charge in [0.1, 0.15) is 19.0 Å². The van der Waals surface area contributed by atoms with Crippen LogP contribution in [0.2, 0.25) is 0 Å². The van der Waals surface area contributed by atoms with E-state index in [2.05, 4.69) is 0 Å². The number of furan rings is 1. The minimum Gasteiger partial charge on any atom is -0.486 e. The Labute approximate surface area is 98.9 Å². The molecule has 17 heavy (non-hydrogen) atoms. The van der Waals surface area contributed by atoms with Gasteiger partial charge >= 0.3 is 0 Å².